The number of fused-ring (bicyclic) bond motifs is 1. The molecule has 1 aliphatic rings. The third kappa shape index (κ3) is 3.59. The fourth-order valence-electron chi connectivity index (χ4n) is 4.58. The largest absolute Gasteiger partial charge is 0.262 e. The van der Waals surface area contributed by atoms with Crippen LogP contribution in [0.4, 0.5) is 0 Å². The summed E-state index contributed by atoms with van der Waals surface area (Å²) in [5.74, 6) is 1.43. The Labute approximate surface area is 179 Å². The number of hydrogen-bond acceptors (Lipinski definition) is 0. The highest BCUT2D eigenvalue weighted by molar-refractivity contribution is 5.68. The Kier molecular flexibility index (Phi) is 5.23. The van der Waals surface area contributed by atoms with Gasteiger partial charge in [-0.15, -0.1) is 0 Å². The third-order valence-electron chi connectivity index (χ3n) is 6.32. The summed E-state index contributed by atoms with van der Waals surface area (Å²) in [6, 6.07) is 28.7. The van der Waals surface area contributed by atoms with Crippen molar-refractivity contribution in [1.82, 2.24) is 4.57 Å². The van der Waals surface area contributed by atoms with Gasteiger partial charge in [0.2, 0.25) is 0 Å². The second-order valence-electron chi connectivity index (χ2n) is 8.23. The lowest BCUT2D eigenvalue weighted by molar-refractivity contribution is -0.692. The molecule has 2 heteroatoms. The Morgan fingerprint density at radius 1 is 0.733 bits per heavy atom. The van der Waals surface area contributed by atoms with E-state index in [9.17, 15) is 0 Å². The minimum atomic E-state index is 1.08. The first kappa shape index (κ1) is 18.9. The van der Waals surface area contributed by atoms with Crippen molar-refractivity contribution < 1.29 is 4.57 Å². The molecule has 2 nitrogen and oxygen atoms in total. The minimum Gasteiger partial charge on any atom is -0.227 e. The molecule has 3 aromatic carbocycles. The Hall–Kier alpha value is -3.13. The quantitative estimate of drug-likeness (QED) is 0.355. The summed E-state index contributed by atoms with van der Waals surface area (Å²) < 4.78 is 4.98. The van der Waals surface area contributed by atoms with E-state index >= 15 is 0 Å². The molecule has 150 valence electrons. The normalized spacial score (nSPS) is 13.6. The maximum Gasteiger partial charge on any atom is 0.262 e. The zero-order chi connectivity index (χ0) is 20.3. The second-order valence-corrected chi connectivity index (χ2v) is 8.23. The number of imidazole rings is 1. The van der Waals surface area contributed by atoms with Gasteiger partial charge in [0.25, 0.3) is 5.82 Å². The third-order valence-corrected chi connectivity index (χ3v) is 6.32. The molecule has 0 saturated carbocycles. The summed E-state index contributed by atoms with van der Waals surface area (Å²) in [5.41, 5.74) is 7.81. The molecule has 4 aromatic rings. The van der Waals surface area contributed by atoms with Crippen molar-refractivity contribution in [2.75, 3.05) is 0 Å². The van der Waals surface area contributed by atoms with E-state index < -0.39 is 0 Å². The highest BCUT2D eigenvalue weighted by atomic mass is 15.2. The van der Waals surface area contributed by atoms with E-state index in [2.05, 4.69) is 101 Å². The van der Waals surface area contributed by atoms with E-state index in [0.717, 1.165) is 19.4 Å². The maximum absolute atomic E-state index is 2.55. The lowest BCUT2D eigenvalue weighted by Crippen LogP contribution is -2.38. The highest BCUT2D eigenvalue weighted by Crippen LogP contribution is 2.26. The lowest BCUT2D eigenvalue weighted by Gasteiger charge is -2.05. The SMILES string of the molecule is CCc1ccc(-n2cc(-c3ccc(-c4ccccc4)cc3)[n+]3c2CCCCC3)cc1. The summed E-state index contributed by atoms with van der Waals surface area (Å²) in [5, 5.41) is 0. The van der Waals surface area contributed by atoms with Crippen LogP contribution in [-0.4, -0.2) is 4.57 Å². The maximum atomic E-state index is 2.55. The van der Waals surface area contributed by atoms with E-state index in [-0.39, 0.29) is 0 Å². The van der Waals surface area contributed by atoms with Gasteiger partial charge in [-0.05, 0) is 66.6 Å². The number of hydrogen-bond donors (Lipinski definition) is 0. The van der Waals surface area contributed by atoms with Crippen molar-refractivity contribution in [2.24, 2.45) is 0 Å². The molecule has 0 radical (unpaired) electrons. The average molecular weight is 394 g/mol. The Morgan fingerprint density at radius 3 is 2.17 bits per heavy atom. The first-order valence-electron chi connectivity index (χ1n) is 11.2. The van der Waals surface area contributed by atoms with Gasteiger partial charge in [-0.1, -0.05) is 61.5 Å². The fraction of sp³-hybridized carbons (Fsp3) is 0.250. The number of benzene rings is 3. The Bertz CT molecular complexity index is 1120. The van der Waals surface area contributed by atoms with Crippen LogP contribution in [-0.2, 0) is 19.4 Å². The van der Waals surface area contributed by atoms with Crippen LogP contribution < -0.4 is 4.57 Å². The van der Waals surface area contributed by atoms with Crippen LogP contribution in [0.25, 0.3) is 28.1 Å². The lowest BCUT2D eigenvalue weighted by atomic mass is 10.0. The van der Waals surface area contributed by atoms with Gasteiger partial charge in [0, 0.05) is 12.0 Å². The predicted octanol–water partition coefficient (Wildman–Crippen LogP) is 6.39. The van der Waals surface area contributed by atoms with E-state index in [1.807, 2.05) is 0 Å². The molecule has 0 saturated heterocycles. The van der Waals surface area contributed by atoms with Crippen LogP contribution in [0.15, 0.2) is 85.1 Å². The smallest absolute Gasteiger partial charge is 0.227 e. The zero-order valence-electron chi connectivity index (χ0n) is 17.7. The molecule has 0 N–H and O–H groups in total. The highest BCUT2D eigenvalue weighted by Gasteiger charge is 2.26. The van der Waals surface area contributed by atoms with Gasteiger partial charge in [0.1, 0.15) is 11.9 Å². The summed E-state index contributed by atoms with van der Waals surface area (Å²) in [7, 11) is 0. The Morgan fingerprint density at radius 2 is 1.43 bits per heavy atom. The molecular weight excluding hydrogens is 364 g/mol. The van der Waals surface area contributed by atoms with Crippen molar-refractivity contribution in [1.29, 1.82) is 0 Å². The average Bonchev–Trinajstić information content (AvgIpc) is 3.00. The number of aromatic nitrogens is 2. The van der Waals surface area contributed by atoms with Gasteiger partial charge in [0.05, 0.1) is 6.54 Å². The summed E-state index contributed by atoms with van der Waals surface area (Å²) in [6.07, 6.45) is 8.40. The molecule has 0 atom stereocenters. The van der Waals surface area contributed by atoms with Crippen LogP contribution in [0.2, 0.25) is 0 Å². The van der Waals surface area contributed by atoms with E-state index in [1.54, 1.807) is 0 Å². The zero-order valence-corrected chi connectivity index (χ0v) is 17.7. The molecular formula is C28H29N2+. The molecule has 5 rings (SSSR count). The van der Waals surface area contributed by atoms with Gasteiger partial charge in [0.15, 0.2) is 5.69 Å². The standard InChI is InChI=1S/C28H29N2/c1-2-22-12-18-26(19-13-22)30-21-27(29-20-8-4-7-11-28(29)30)25-16-14-24(15-17-25)23-9-5-3-6-10-23/h3,5-6,9-10,12-19,21H,2,4,7-8,11,20H2,1H3/q+1. The minimum absolute atomic E-state index is 1.08. The molecule has 0 bridgehead atoms. The summed E-state index contributed by atoms with van der Waals surface area (Å²) in [6.45, 7) is 3.31. The first-order chi connectivity index (χ1) is 14.8. The second kappa shape index (κ2) is 8.31. The molecule has 0 spiro atoms. The van der Waals surface area contributed by atoms with E-state index in [4.69, 9.17) is 0 Å². The molecule has 2 heterocycles. The van der Waals surface area contributed by atoms with Crippen molar-refractivity contribution in [3.05, 3.63) is 96.4 Å². The van der Waals surface area contributed by atoms with Gasteiger partial charge >= 0.3 is 0 Å². The summed E-state index contributed by atoms with van der Waals surface area (Å²) >= 11 is 0. The molecule has 0 aliphatic carbocycles. The van der Waals surface area contributed by atoms with Gasteiger partial charge < -0.3 is 0 Å². The van der Waals surface area contributed by atoms with Crippen molar-refractivity contribution in [3.8, 4) is 28.1 Å². The van der Waals surface area contributed by atoms with Gasteiger partial charge in [-0.3, -0.25) is 0 Å². The number of rotatable bonds is 4. The van der Waals surface area contributed by atoms with Crippen LogP contribution in [0.3, 0.4) is 0 Å². The molecule has 0 fully saturated rings. The summed E-state index contributed by atoms with van der Waals surface area (Å²) in [4.78, 5) is 0. The van der Waals surface area contributed by atoms with Crippen LogP contribution in [0, 0.1) is 0 Å². The van der Waals surface area contributed by atoms with Crippen molar-refractivity contribution >= 4 is 0 Å². The topological polar surface area (TPSA) is 8.81 Å². The number of nitrogens with zero attached hydrogens (tertiary/aromatic N) is 2. The number of aryl methyl sites for hydroxylation is 1. The van der Waals surface area contributed by atoms with E-state index in [0.29, 0.717) is 0 Å². The van der Waals surface area contributed by atoms with Crippen LogP contribution >= 0.6 is 0 Å². The van der Waals surface area contributed by atoms with Crippen LogP contribution in [0.1, 0.15) is 37.6 Å². The fourth-order valence-corrected chi connectivity index (χ4v) is 4.58. The molecule has 0 amide bonds. The molecule has 1 aromatic heterocycles. The van der Waals surface area contributed by atoms with Gasteiger partial charge in [-0.2, -0.15) is 4.57 Å². The molecule has 1 aliphatic heterocycles. The van der Waals surface area contributed by atoms with Gasteiger partial charge in [-0.25, -0.2) is 4.57 Å². The molecule has 0 unspecified atom stereocenters. The van der Waals surface area contributed by atoms with Crippen molar-refractivity contribution in [3.63, 3.8) is 0 Å². The monoisotopic (exact) mass is 393 g/mol. The van der Waals surface area contributed by atoms with Crippen molar-refractivity contribution in [2.45, 2.75) is 45.6 Å². The predicted molar refractivity (Wildman–Crippen MR) is 124 cm³/mol. The Balaban J connectivity index is 1.57. The molecule has 30 heavy (non-hydrogen) atoms. The van der Waals surface area contributed by atoms with Crippen LogP contribution in [0.5, 0.6) is 0 Å². The van der Waals surface area contributed by atoms with E-state index in [1.165, 1.54) is 58.7 Å². The first-order valence-corrected chi connectivity index (χ1v) is 11.2.